The Morgan fingerprint density at radius 1 is 1.40 bits per heavy atom. The topological polar surface area (TPSA) is 46.3 Å². The molecule has 1 aliphatic rings. The first-order valence-electron chi connectivity index (χ1n) is 7.29. The zero-order valence-corrected chi connectivity index (χ0v) is 12.2. The molecule has 4 heteroatoms. The number of anilines is 1. The number of likely N-dealkylation sites (tertiary alicyclic amines) is 1. The molecule has 1 amide bonds. The fraction of sp³-hybridized carbons (Fsp3) is 0.562. The fourth-order valence-corrected chi connectivity index (χ4v) is 2.81. The lowest BCUT2D eigenvalue weighted by Crippen LogP contribution is -2.30. The maximum absolute atomic E-state index is 13.0. The Hall–Kier alpha value is -1.58. The van der Waals surface area contributed by atoms with Crippen LogP contribution in [0.15, 0.2) is 18.2 Å². The van der Waals surface area contributed by atoms with E-state index in [-0.39, 0.29) is 11.7 Å². The maximum Gasteiger partial charge on any atom is 0.222 e. The molecule has 0 radical (unpaired) electrons. The van der Waals surface area contributed by atoms with Crippen molar-refractivity contribution in [2.75, 3.05) is 12.3 Å². The highest BCUT2D eigenvalue weighted by Crippen LogP contribution is 2.26. The first-order valence-corrected chi connectivity index (χ1v) is 7.29. The monoisotopic (exact) mass is 278 g/mol. The number of hydrogen-bond donors (Lipinski definition) is 1. The van der Waals surface area contributed by atoms with Crippen LogP contribution in [0.5, 0.6) is 0 Å². The quantitative estimate of drug-likeness (QED) is 0.863. The van der Waals surface area contributed by atoms with Crippen LogP contribution in [-0.4, -0.2) is 17.4 Å². The second-order valence-corrected chi connectivity index (χ2v) is 5.99. The molecule has 20 heavy (non-hydrogen) atoms. The molecule has 2 rings (SSSR count). The Morgan fingerprint density at radius 2 is 2.15 bits per heavy atom. The van der Waals surface area contributed by atoms with Gasteiger partial charge in [-0.3, -0.25) is 4.79 Å². The molecule has 0 saturated carbocycles. The van der Waals surface area contributed by atoms with Gasteiger partial charge in [-0.05, 0) is 42.4 Å². The van der Waals surface area contributed by atoms with Crippen molar-refractivity contribution < 1.29 is 9.18 Å². The van der Waals surface area contributed by atoms with Gasteiger partial charge in [0.05, 0.1) is 0 Å². The van der Waals surface area contributed by atoms with Gasteiger partial charge in [0, 0.05) is 25.2 Å². The molecule has 1 atom stereocenters. The predicted octanol–water partition coefficient (Wildman–Crippen LogP) is 3.19. The Kier molecular flexibility index (Phi) is 4.63. The average Bonchev–Trinajstić information content (AvgIpc) is 2.56. The summed E-state index contributed by atoms with van der Waals surface area (Å²) in [4.78, 5) is 14.0. The summed E-state index contributed by atoms with van der Waals surface area (Å²) in [5, 5.41) is 0. The van der Waals surface area contributed by atoms with Gasteiger partial charge < -0.3 is 10.6 Å². The molecule has 1 fully saturated rings. The van der Waals surface area contributed by atoms with Crippen LogP contribution < -0.4 is 5.73 Å². The Balaban J connectivity index is 2.06. The van der Waals surface area contributed by atoms with Crippen LogP contribution in [0.4, 0.5) is 10.1 Å². The van der Waals surface area contributed by atoms with Crippen LogP contribution in [0.25, 0.3) is 0 Å². The Morgan fingerprint density at radius 3 is 2.80 bits per heavy atom. The molecule has 1 aromatic rings. The summed E-state index contributed by atoms with van der Waals surface area (Å²) in [7, 11) is 0. The van der Waals surface area contributed by atoms with Gasteiger partial charge in [0.1, 0.15) is 5.82 Å². The second kappa shape index (κ2) is 6.25. The molecular formula is C16H23FN2O. The van der Waals surface area contributed by atoms with Crippen LogP contribution in [0.2, 0.25) is 0 Å². The highest BCUT2D eigenvalue weighted by Gasteiger charge is 2.24. The van der Waals surface area contributed by atoms with Crippen LogP contribution >= 0.6 is 0 Å². The van der Waals surface area contributed by atoms with Gasteiger partial charge in [-0.15, -0.1) is 0 Å². The molecule has 1 aliphatic heterocycles. The summed E-state index contributed by atoms with van der Waals surface area (Å²) in [5.41, 5.74) is 7.06. The highest BCUT2D eigenvalue weighted by molar-refractivity contribution is 5.76. The van der Waals surface area contributed by atoms with Crippen LogP contribution in [0.1, 0.15) is 38.7 Å². The summed E-state index contributed by atoms with van der Waals surface area (Å²) in [5.74, 6) is 1.05. The van der Waals surface area contributed by atoms with Gasteiger partial charge in [0.2, 0.25) is 5.91 Å². The first kappa shape index (κ1) is 14.8. The zero-order chi connectivity index (χ0) is 14.7. The predicted molar refractivity (Wildman–Crippen MR) is 78.4 cm³/mol. The fourth-order valence-electron chi connectivity index (χ4n) is 2.81. The van der Waals surface area contributed by atoms with Crippen molar-refractivity contribution in [2.24, 2.45) is 11.8 Å². The second-order valence-electron chi connectivity index (χ2n) is 5.99. The summed E-state index contributed by atoms with van der Waals surface area (Å²) < 4.78 is 13.0. The van der Waals surface area contributed by atoms with Crippen LogP contribution in [0.3, 0.4) is 0 Å². The summed E-state index contributed by atoms with van der Waals surface area (Å²) >= 11 is 0. The number of amides is 1. The van der Waals surface area contributed by atoms with Crippen molar-refractivity contribution in [3.8, 4) is 0 Å². The van der Waals surface area contributed by atoms with E-state index in [4.69, 9.17) is 5.73 Å². The molecule has 1 aromatic carbocycles. The standard InChI is InChI=1S/C16H23FN2O/c1-11(2)12-4-6-16(20)19(8-7-12)10-13-3-5-14(17)9-15(13)18/h3,5,9,11-12H,4,6-8,10,18H2,1-2H3. The third-order valence-corrected chi connectivity index (χ3v) is 4.26. The Bertz CT molecular complexity index is 487. The molecule has 0 aliphatic carbocycles. The smallest absolute Gasteiger partial charge is 0.222 e. The molecule has 1 saturated heterocycles. The van der Waals surface area contributed by atoms with E-state index < -0.39 is 0 Å². The Labute approximate surface area is 120 Å². The number of benzene rings is 1. The molecule has 1 heterocycles. The third kappa shape index (κ3) is 3.50. The minimum atomic E-state index is -0.340. The van der Waals surface area contributed by atoms with Crippen molar-refractivity contribution in [3.63, 3.8) is 0 Å². The van der Waals surface area contributed by atoms with Gasteiger partial charge in [-0.2, -0.15) is 0 Å². The van der Waals surface area contributed by atoms with E-state index in [0.29, 0.717) is 30.5 Å². The van der Waals surface area contributed by atoms with E-state index in [1.54, 1.807) is 6.07 Å². The van der Waals surface area contributed by atoms with Gasteiger partial charge in [-0.1, -0.05) is 19.9 Å². The third-order valence-electron chi connectivity index (χ3n) is 4.26. The molecular weight excluding hydrogens is 255 g/mol. The maximum atomic E-state index is 13.0. The van der Waals surface area contributed by atoms with Crippen LogP contribution in [0, 0.1) is 17.7 Å². The number of nitrogen functional groups attached to an aromatic ring is 1. The van der Waals surface area contributed by atoms with Crippen molar-refractivity contribution in [1.82, 2.24) is 4.90 Å². The molecule has 3 nitrogen and oxygen atoms in total. The zero-order valence-electron chi connectivity index (χ0n) is 12.2. The molecule has 110 valence electrons. The number of hydrogen-bond acceptors (Lipinski definition) is 2. The normalized spacial score (nSPS) is 20.3. The van der Waals surface area contributed by atoms with Gasteiger partial charge in [0.25, 0.3) is 0 Å². The lowest BCUT2D eigenvalue weighted by molar-refractivity contribution is -0.131. The number of nitrogens with zero attached hydrogens (tertiary/aromatic N) is 1. The minimum absolute atomic E-state index is 0.178. The number of rotatable bonds is 3. The van der Waals surface area contributed by atoms with E-state index in [1.807, 2.05) is 4.90 Å². The summed E-state index contributed by atoms with van der Waals surface area (Å²) in [6, 6.07) is 4.38. The lowest BCUT2D eigenvalue weighted by Gasteiger charge is -2.22. The van der Waals surface area contributed by atoms with Crippen molar-refractivity contribution >= 4 is 11.6 Å². The van der Waals surface area contributed by atoms with E-state index in [0.717, 1.165) is 24.9 Å². The van der Waals surface area contributed by atoms with Crippen molar-refractivity contribution in [1.29, 1.82) is 0 Å². The lowest BCUT2D eigenvalue weighted by atomic mass is 9.89. The first-order chi connectivity index (χ1) is 9.47. The number of carbonyl (C=O) groups is 1. The highest BCUT2D eigenvalue weighted by atomic mass is 19.1. The van der Waals surface area contributed by atoms with Gasteiger partial charge >= 0.3 is 0 Å². The number of nitrogens with two attached hydrogens (primary N) is 1. The van der Waals surface area contributed by atoms with E-state index in [1.165, 1.54) is 12.1 Å². The molecule has 2 N–H and O–H groups in total. The molecule has 0 aromatic heterocycles. The summed E-state index contributed by atoms with van der Waals surface area (Å²) in [6.07, 6.45) is 2.60. The van der Waals surface area contributed by atoms with E-state index in [2.05, 4.69) is 13.8 Å². The largest absolute Gasteiger partial charge is 0.398 e. The molecule has 1 unspecified atom stereocenters. The summed E-state index contributed by atoms with van der Waals surface area (Å²) in [6.45, 7) is 5.67. The van der Waals surface area contributed by atoms with Gasteiger partial charge in [0.15, 0.2) is 0 Å². The average molecular weight is 278 g/mol. The molecule has 0 spiro atoms. The number of carbonyl (C=O) groups excluding carboxylic acids is 1. The molecule has 0 bridgehead atoms. The van der Waals surface area contributed by atoms with Crippen molar-refractivity contribution in [2.45, 2.75) is 39.7 Å². The van der Waals surface area contributed by atoms with Gasteiger partial charge in [-0.25, -0.2) is 4.39 Å². The van der Waals surface area contributed by atoms with Crippen LogP contribution in [-0.2, 0) is 11.3 Å². The minimum Gasteiger partial charge on any atom is -0.398 e. The van der Waals surface area contributed by atoms with E-state index in [9.17, 15) is 9.18 Å². The van der Waals surface area contributed by atoms with E-state index >= 15 is 0 Å². The van der Waals surface area contributed by atoms with Crippen molar-refractivity contribution in [3.05, 3.63) is 29.6 Å². The number of halogens is 1. The SMILES string of the molecule is CC(C)C1CCC(=O)N(Cc2ccc(F)cc2N)CC1.